The Morgan fingerprint density at radius 1 is 1.07 bits per heavy atom. The number of fused-ring (bicyclic) bond motifs is 1. The molecule has 0 bridgehead atoms. The molecule has 6 nitrogen and oxygen atoms in total. The maximum absolute atomic E-state index is 11.1. The van der Waals surface area contributed by atoms with Crippen LogP contribution in [0.4, 0.5) is 5.95 Å². The summed E-state index contributed by atoms with van der Waals surface area (Å²) in [7, 11) is 0. The zero-order valence-corrected chi connectivity index (χ0v) is 14.9. The number of benzene rings is 2. The highest BCUT2D eigenvalue weighted by Crippen LogP contribution is 2.26. The van der Waals surface area contributed by atoms with Gasteiger partial charge in [-0.25, -0.2) is 9.78 Å². The summed E-state index contributed by atoms with van der Waals surface area (Å²) in [5, 5.41) is 9.13. The maximum atomic E-state index is 11.1. The Kier molecular flexibility index (Phi) is 4.46. The summed E-state index contributed by atoms with van der Waals surface area (Å²) in [4.78, 5) is 22.4. The van der Waals surface area contributed by atoms with Gasteiger partial charge in [0.05, 0.1) is 5.56 Å². The molecule has 0 atom stereocenters. The van der Waals surface area contributed by atoms with Gasteiger partial charge < -0.3 is 14.7 Å². The number of ether oxygens (including phenoxy) is 1. The van der Waals surface area contributed by atoms with Crippen molar-refractivity contribution in [2.75, 3.05) is 11.4 Å². The molecule has 0 fully saturated rings. The van der Waals surface area contributed by atoms with Crippen LogP contribution >= 0.6 is 0 Å². The van der Waals surface area contributed by atoms with Gasteiger partial charge in [0.25, 0.3) is 0 Å². The van der Waals surface area contributed by atoms with E-state index in [2.05, 4.69) is 33.1 Å². The molecule has 0 saturated carbocycles. The summed E-state index contributed by atoms with van der Waals surface area (Å²) < 4.78 is 5.81. The number of carboxylic acids is 1. The number of hydrogen-bond acceptors (Lipinski definition) is 5. The highest BCUT2D eigenvalue weighted by molar-refractivity contribution is 5.88. The molecule has 27 heavy (non-hydrogen) atoms. The predicted octanol–water partition coefficient (Wildman–Crippen LogP) is 3.84. The van der Waals surface area contributed by atoms with E-state index < -0.39 is 5.97 Å². The standard InChI is InChI=1S/C21H19N3O3/c1-14-11-19(27-18-8-4-7-16(12-18)20(25)26)23-21(22-14)24-10-9-15-5-2-3-6-17(15)13-24/h2-8,11-12H,9-10,13H2,1H3,(H,25,26). The van der Waals surface area contributed by atoms with Gasteiger partial charge in [-0.1, -0.05) is 30.3 Å². The van der Waals surface area contributed by atoms with Crippen LogP contribution in [0.2, 0.25) is 0 Å². The van der Waals surface area contributed by atoms with E-state index in [9.17, 15) is 4.79 Å². The van der Waals surface area contributed by atoms with Crippen molar-refractivity contribution >= 4 is 11.9 Å². The summed E-state index contributed by atoms with van der Waals surface area (Å²) >= 11 is 0. The fraction of sp³-hybridized carbons (Fsp3) is 0.190. The molecule has 136 valence electrons. The van der Waals surface area contributed by atoms with Crippen LogP contribution in [0, 0.1) is 6.92 Å². The molecule has 1 aromatic heterocycles. The van der Waals surface area contributed by atoms with Gasteiger partial charge in [0.15, 0.2) is 0 Å². The van der Waals surface area contributed by atoms with Crippen LogP contribution in [-0.2, 0) is 13.0 Å². The van der Waals surface area contributed by atoms with Crippen molar-refractivity contribution in [1.82, 2.24) is 9.97 Å². The van der Waals surface area contributed by atoms with Gasteiger partial charge in [-0.3, -0.25) is 0 Å². The Hall–Kier alpha value is -3.41. The molecule has 0 amide bonds. The lowest BCUT2D eigenvalue weighted by atomic mass is 10.0. The second-order valence-electron chi connectivity index (χ2n) is 6.52. The summed E-state index contributed by atoms with van der Waals surface area (Å²) in [5.41, 5.74) is 3.61. The van der Waals surface area contributed by atoms with Crippen LogP contribution in [0.15, 0.2) is 54.6 Å². The highest BCUT2D eigenvalue weighted by atomic mass is 16.5. The second-order valence-corrected chi connectivity index (χ2v) is 6.52. The molecule has 2 heterocycles. The number of aryl methyl sites for hydroxylation is 1. The topological polar surface area (TPSA) is 75.6 Å². The molecule has 1 aliphatic rings. The van der Waals surface area contributed by atoms with E-state index in [4.69, 9.17) is 9.84 Å². The van der Waals surface area contributed by atoms with Crippen LogP contribution in [-0.4, -0.2) is 27.6 Å². The Labute approximate surface area is 157 Å². The normalized spacial score (nSPS) is 13.1. The molecule has 1 N–H and O–H groups in total. The number of aromatic nitrogens is 2. The minimum atomic E-state index is -0.994. The van der Waals surface area contributed by atoms with Gasteiger partial charge in [-0.05, 0) is 42.7 Å². The summed E-state index contributed by atoms with van der Waals surface area (Å²) in [5.74, 6) is 0.461. The first-order valence-corrected chi connectivity index (χ1v) is 8.77. The van der Waals surface area contributed by atoms with E-state index in [0.29, 0.717) is 17.6 Å². The first-order chi connectivity index (χ1) is 13.1. The van der Waals surface area contributed by atoms with Crippen LogP contribution in [0.3, 0.4) is 0 Å². The third-order valence-corrected chi connectivity index (χ3v) is 4.54. The molecule has 3 aromatic rings. The average Bonchev–Trinajstić information content (AvgIpc) is 2.67. The number of carbonyl (C=O) groups is 1. The molecule has 0 unspecified atom stereocenters. The third kappa shape index (κ3) is 3.74. The molecule has 2 aromatic carbocycles. The lowest BCUT2D eigenvalue weighted by Gasteiger charge is -2.29. The molecule has 6 heteroatoms. The lowest BCUT2D eigenvalue weighted by molar-refractivity contribution is 0.0696. The molecule has 1 aliphatic heterocycles. The van der Waals surface area contributed by atoms with Gasteiger partial charge in [0.2, 0.25) is 11.8 Å². The van der Waals surface area contributed by atoms with E-state index in [1.54, 1.807) is 18.2 Å². The predicted molar refractivity (Wildman–Crippen MR) is 101 cm³/mol. The van der Waals surface area contributed by atoms with Crippen LogP contribution in [0.5, 0.6) is 11.6 Å². The van der Waals surface area contributed by atoms with Crippen molar-refractivity contribution < 1.29 is 14.6 Å². The van der Waals surface area contributed by atoms with Gasteiger partial charge in [-0.15, -0.1) is 0 Å². The van der Waals surface area contributed by atoms with Crippen LogP contribution in [0.1, 0.15) is 27.2 Å². The van der Waals surface area contributed by atoms with Crippen molar-refractivity contribution in [3.63, 3.8) is 0 Å². The monoisotopic (exact) mass is 361 g/mol. The number of aromatic carboxylic acids is 1. The molecular weight excluding hydrogens is 342 g/mol. The minimum Gasteiger partial charge on any atom is -0.478 e. The number of nitrogens with zero attached hydrogens (tertiary/aromatic N) is 3. The fourth-order valence-electron chi connectivity index (χ4n) is 3.20. The highest BCUT2D eigenvalue weighted by Gasteiger charge is 2.19. The summed E-state index contributed by atoms with van der Waals surface area (Å²) in [6.45, 7) is 3.49. The largest absolute Gasteiger partial charge is 0.478 e. The van der Waals surface area contributed by atoms with E-state index in [1.165, 1.54) is 23.3 Å². The number of carboxylic acid groups (broad SMARTS) is 1. The molecule has 0 spiro atoms. The number of rotatable bonds is 4. The van der Waals surface area contributed by atoms with Crippen molar-refractivity contribution in [3.05, 3.63) is 77.0 Å². The smallest absolute Gasteiger partial charge is 0.335 e. The molecule has 0 saturated heterocycles. The van der Waals surface area contributed by atoms with E-state index >= 15 is 0 Å². The summed E-state index contributed by atoms with van der Waals surface area (Å²) in [6.07, 6.45) is 0.949. The Balaban J connectivity index is 1.59. The third-order valence-electron chi connectivity index (χ3n) is 4.54. The van der Waals surface area contributed by atoms with Gasteiger partial charge >= 0.3 is 5.97 Å². The molecule has 0 radical (unpaired) electrons. The van der Waals surface area contributed by atoms with Crippen molar-refractivity contribution in [1.29, 1.82) is 0 Å². The Morgan fingerprint density at radius 2 is 1.89 bits per heavy atom. The van der Waals surface area contributed by atoms with Crippen molar-refractivity contribution in [3.8, 4) is 11.6 Å². The Morgan fingerprint density at radius 3 is 2.70 bits per heavy atom. The minimum absolute atomic E-state index is 0.172. The maximum Gasteiger partial charge on any atom is 0.335 e. The van der Waals surface area contributed by atoms with Crippen molar-refractivity contribution in [2.24, 2.45) is 0 Å². The van der Waals surface area contributed by atoms with Gasteiger partial charge in [-0.2, -0.15) is 4.98 Å². The first-order valence-electron chi connectivity index (χ1n) is 8.77. The second kappa shape index (κ2) is 7.07. The molecular formula is C21H19N3O3. The fourth-order valence-corrected chi connectivity index (χ4v) is 3.20. The summed E-state index contributed by atoms with van der Waals surface area (Å²) in [6, 6.07) is 16.5. The molecule has 0 aliphatic carbocycles. The van der Waals surface area contributed by atoms with E-state index in [1.807, 2.05) is 13.0 Å². The molecule has 4 rings (SSSR count). The lowest BCUT2D eigenvalue weighted by Crippen LogP contribution is -2.31. The van der Waals surface area contributed by atoms with Gasteiger partial charge in [0.1, 0.15) is 5.75 Å². The number of anilines is 1. The first kappa shape index (κ1) is 17.0. The average molecular weight is 361 g/mol. The quantitative estimate of drug-likeness (QED) is 0.761. The number of hydrogen-bond donors (Lipinski definition) is 1. The van der Waals surface area contributed by atoms with Crippen molar-refractivity contribution in [2.45, 2.75) is 19.9 Å². The Bertz CT molecular complexity index is 1000. The van der Waals surface area contributed by atoms with E-state index in [0.717, 1.165) is 25.2 Å². The zero-order chi connectivity index (χ0) is 18.8. The van der Waals surface area contributed by atoms with Crippen LogP contribution < -0.4 is 9.64 Å². The van der Waals surface area contributed by atoms with Gasteiger partial charge in [0, 0.05) is 24.8 Å². The SMILES string of the molecule is Cc1cc(Oc2cccc(C(=O)O)c2)nc(N2CCc3ccccc3C2)n1. The zero-order valence-electron chi connectivity index (χ0n) is 14.9. The van der Waals surface area contributed by atoms with E-state index in [-0.39, 0.29) is 5.56 Å². The van der Waals surface area contributed by atoms with Crippen LogP contribution in [0.25, 0.3) is 0 Å².